The minimum atomic E-state index is -1.20. The molecule has 0 bridgehead atoms. The van der Waals surface area contributed by atoms with E-state index in [4.69, 9.17) is 11.6 Å². The van der Waals surface area contributed by atoms with E-state index in [1.807, 2.05) is 0 Å². The second-order valence-electron chi connectivity index (χ2n) is 2.19. The number of nitrogens with one attached hydrogen (secondary N) is 1. The van der Waals surface area contributed by atoms with Gasteiger partial charge in [-0.25, -0.2) is 4.21 Å². The first-order chi connectivity index (χ1) is 5.61. The van der Waals surface area contributed by atoms with Crippen LogP contribution in [0.25, 0.3) is 0 Å². The van der Waals surface area contributed by atoms with Gasteiger partial charge in [0.05, 0.1) is 10.7 Å². The van der Waals surface area contributed by atoms with Crippen LogP contribution in [0.3, 0.4) is 0 Å². The Kier molecular flexibility index (Phi) is 2.94. The molecule has 12 heavy (non-hydrogen) atoms. The first-order valence-electron chi connectivity index (χ1n) is 3.19. The van der Waals surface area contributed by atoms with Crippen molar-refractivity contribution in [3.63, 3.8) is 0 Å². The van der Waals surface area contributed by atoms with E-state index in [0.717, 1.165) is 0 Å². The van der Waals surface area contributed by atoms with E-state index in [9.17, 15) is 9.32 Å². The van der Waals surface area contributed by atoms with E-state index in [1.54, 1.807) is 18.2 Å². The van der Waals surface area contributed by atoms with Gasteiger partial charge in [0, 0.05) is 6.26 Å². The Morgan fingerprint density at radius 3 is 2.83 bits per heavy atom. The molecule has 0 fully saturated rings. The summed E-state index contributed by atoms with van der Waals surface area (Å²) in [5.41, 5.74) is 0.378. The fourth-order valence-corrected chi connectivity index (χ4v) is 1.40. The SMILES string of the molecule is CS(=O)Nc1cccc(Cl)c1O. The van der Waals surface area contributed by atoms with Crippen LogP contribution < -0.4 is 4.72 Å². The van der Waals surface area contributed by atoms with Gasteiger partial charge >= 0.3 is 0 Å². The van der Waals surface area contributed by atoms with Crippen molar-refractivity contribution in [2.75, 3.05) is 11.0 Å². The van der Waals surface area contributed by atoms with Crippen LogP contribution in [0.5, 0.6) is 5.75 Å². The van der Waals surface area contributed by atoms with Gasteiger partial charge in [0.25, 0.3) is 0 Å². The molecule has 0 aliphatic rings. The maximum atomic E-state index is 10.7. The van der Waals surface area contributed by atoms with Crippen LogP contribution in [-0.4, -0.2) is 15.6 Å². The number of phenols is 1. The number of para-hydroxylation sites is 1. The lowest BCUT2D eigenvalue weighted by atomic mass is 10.3. The minimum Gasteiger partial charge on any atom is -0.504 e. The van der Waals surface area contributed by atoms with Gasteiger partial charge in [-0.2, -0.15) is 0 Å². The molecular formula is C7H8ClNO2S. The largest absolute Gasteiger partial charge is 0.504 e. The molecule has 0 spiro atoms. The Morgan fingerprint density at radius 2 is 2.25 bits per heavy atom. The first kappa shape index (κ1) is 9.35. The summed E-state index contributed by atoms with van der Waals surface area (Å²) in [7, 11) is -1.20. The average Bonchev–Trinajstić information content (AvgIpc) is 1.98. The maximum Gasteiger partial charge on any atom is 0.158 e. The molecule has 0 amide bonds. The van der Waals surface area contributed by atoms with E-state index < -0.39 is 11.0 Å². The van der Waals surface area contributed by atoms with Gasteiger partial charge < -0.3 is 9.83 Å². The van der Waals surface area contributed by atoms with Crippen molar-refractivity contribution >= 4 is 28.3 Å². The molecule has 0 aliphatic carbocycles. The second-order valence-corrected chi connectivity index (χ2v) is 3.71. The molecule has 1 unspecified atom stereocenters. The standard InChI is InChI=1S/C7H8ClNO2S/c1-12(11)9-6-4-2-3-5(8)7(6)10/h2-4,9-10H,1H3. The molecule has 1 aromatic rings. The van der Waals surface area contributed by atoms with Crippen molar-refractivity contribution < 1.29 is 9.32 Å². The molecule has 66 valence electrons. The predicted molar refractivity (Wildman–Crippen MR) is 50.8 cm³/mol. The van der Waals surface area contributed by atoms with Crippen LogP contribution >= 0.6 is 11.6 Å². The molecule has 0 aromatic heterocycles. The van der Waals surface area contributed by atoms with Gasteiger partial charge in [-0.1, -0.05) is 17.7 Å². The summed E-state index contributed by atoms with van der Waals surface area (Å²) in [6.07, 6.45) is 1.47. The molecule has 1 aromatic carbocycles. The highest BCUT2D eigenvalue weighted by atomic mass is 35.5. The molecule has 0 saturated heterocycles. The van der Waals surface area contributed by atoms with Crippen LogP contribution in [0.2, 0.25) is 5.02 Å². The van der Waals surface area contributed by atoms with Gasteiger partial charge in [0.1, 0.15) is 11.0 Å². The summed E-state index contributed by atoms with van der Waals surface area (Å²) in [5.74, 6) is -0.0747. The summed E-state index contributed by atoms with van der Waals surface area (Å²) in [6, 6.07) is 4.82. The summed E-state index contributed by atoms with van der Waals surface area (Å²) in [6.45, 7) is 0. The lowest BCUT2D eigenvalue weighted by molar-refractivity contribution is 0.478. The topological polar surface area (TPSA) is 49.3 Å². The third kappa shape index (κ3) is 2.12. The number of halogens is 1. The Hall–Kier alpha value is -0.740. The summed E-state index contributed by atoms with van der Waals surface area (Å²) in [5, 5.41) is 9.56. The van der Waals surface area contributed by atoms with Gasteiger partial charge in [0.15, 0.2) is 5.75 Å². The number of hydrogen-bond donors (Lipinski definition) is 2. The number of anilines is 1. The molecule has 0 saturated carbocycles. The van der Waals surface area contributed by atoms with Crippen molar-refractivity contribution in [3.05, 3.63) is 23.2 Å². The fraction of sp³-hybridized carbons (Fsp3) is 0.143. The Morgan fingerprint density at radius 1 is 1.58 bits per heavy atom. The van der Waals surface area contributed by atoms with Crippen molar-refractivity contribution in [2.24, 2.45) is 0 Å². The minimum absolute atomic E-state index is 0.0747. The molecule has 1 atom stereocenters. The summed E-state index contributed by atoms with van der Waals surface area (Å²) in [4.78, 5) is 0. The van der Waals surface area contributed by atoms with Crippen molar-refractivity contribution in [1.29, 1.82) is 0 Å². The van der Waals surface area contributed by atoms with Crippen LogP contribution in [0, 0.1) is 0 Å². The smallest absolute Gasteiger partial charge is 0.158 e. The highest BCUT2D eigenvalue weighted by Gasteiger charge is 2.04. The Bertz CT molecular complexity index is 316. The molecule has 2 N–H and O–H groups in total. The van der Waals surface area contributed by atoms with Crippen LogP contribution in [-0.2, 0) is 11.0 Å². The number of benzene rings is 1. The molecule has 0 aliphatic heterocycles. The van der Waals surface area contributed by atoms with Gasteiger partial charge in [-0.15, -0.1) is 0 Å². The van der Waals surface area contributed by atoms with Gasteiger partial charge in [0.2, 0.25) is 0 Å². The van der Waals surface area contributed by atoms with E-state index in [2.05, 4.69) is 4.72 Å². The van der Waals surface area contributed by atoms with Crippen LogP contribution in [0.1, 0.15) is 0 Å². The normalized spacial score (nSPS) is 12.5. The van der Waals surface area contributed by atoms with E-state index in [1.165, 1.54) is 6.26 Å². The van der Waals surface area contributed by atoms with Crippen molar-refractivity contribution in [1.82, 2.24) is 0 Å². The molecule has 0 radical (unpaired) electrons. The molecule has 1 rings (SSSR count). The molecule has 0 heterocycles. The first-order valence-corrected chi connectivity index (χ1v) is 5.12. The zero-order valence-corrected chi connectivity index (χ0v) is 7.95. The number of aromatic hydroxyl groups is 1. The predicted octanol–water partition coefficient (Wildman–Crippen LogP) is 1.75. The molecule has 5 heteroatoms. The Labute approximate surface area is 78.0 Å². The molecule has 3 nitrogen and oxygen atoms in total. The zero-order valence-electron chi connectivity index (χ0n) is 6.37. The number of phenolic OH excluding ortho intramolecular Hbond substituents is 1. The van der Waals surface area contributed by atoms with Gasteiger partial charge in [-0.3, -0.25) is 0 Å². The van der Waals surface area contributed by atoms with Crippen molar-refractivity contribution in [2.45, 2.75) is 0 Å². The lowest BCUT2D eigenvalue weighted by Crippen LogP contribution is -2.00. The Balaban J connectivity index is 3.00. The van der Waals surface area contributed by atoms with Gasteiger partial charge in [-0.05, 0) is 12.1 Å². The number of hydrogen-bond acceptors (Lipinski definition) is 2. The van der Waals surface area contributed by atoms with Crippen LogP contribution in [0.15, 0.2) is 18.2 Å². The number of rotatable bonds is 2. The zero-order chi connectivity index (χ0) is 9.14. The van der Waals surface area contributed by atoms with E-state index in [-0.39, 0.29) is 10.8 Å². The monoisotopic (exact) mass is 205 g/mol. The average molecular weight is 206 g/mol. The van der Waals surface area contributed by atoms with Crippen LogP contribution in [0.4, 0.5) is 5.69 Å². The van der Waals surface area contributed by atoms with Crippen molar-refractivity contribution in [3.8, 4) is 5.75 Å². The summed E-state index contributed by atoms with van der Waals surface area (Å²) < 4.78 is 13.3. The lowest BCUT2D eigenvalue weighted by Gasteiger charge is -2.05. The third-order valence-electron chi connectivity index (χ3n) is 1.24. The summed E-state index contributed by atoms with van der Waals surface area (Å²) >= 11 is 5.61. The third-order valence-corrected chi connectivity index (χ3v) is 2.05. The van der Waals surface area contributed by atoms with E-state index in [0.29, 0.717) is 5.69 Å². The fourth-order valence-electron chi connectivity index (χ4n) is 0.753. The molecular weight excluding hydrogens is 198 g/mol. The van der Waals surface area contributed by atoms with E-state index >= 15 is 0 Å². The maximum absolute atomic E-state index is 10.7. The quantitative estimate of drug-likeness (QED) is 0.723. The highest BCUT2D eigenvalue weighted by Crippen LogP contribution is 2.31. The second kappa shape index (κ2) is 3.78. The highest BCUT2D eigenvalue weighted by molar-refractivity contribution is 7.85.